The Morgan fingerprint density at radius 3 is 2.25 bits per heavy atom. The maximum Gasteiger partial charge on any atom is 0.0787 e. The first kappa shape index (κ1) is 10.0. The van der Waals surface area contributed by atoms with E-state index in [1.807, 2.05) is 0 Å². The molecule has 0 aromatic heterocycles. The summed E-state index contributed by atoms with van der Waals surface area (Å²) in [5.41, 5.74) is 0.0237. The van der Waals surface area contributed by atoms with Crippen molar-refractivity contribution in [3.05, 3.63) is 0 Å². The maximum atomic E-state index is 5.94. The summed E-state index contributed by atoms with van der Waals surface area (Å²) in [7, 11) is 0. The average Bonchev–Trinajstić information content (AvgIpc) is 2.01. The molecule has 2 heteroatoms. The minimum atomic E-state index is -0.0144. The third-order valence-corrected chi connectivity index (χ3v) is 2.52. The molecule has 0 spiro atoms. The van der Waals surface area contributed by atoms with Gasteiger partial charge in [0.15, 0.2) is 0 Å². The molecule has 0 bridgehead atoms. The van der Waals surface area contributed by atoms with Gasteiger partial charge in [0.25, 0.3) is 0 Å². The highest BCUT2D eigenvalue weighted by molar-refractivity contribution is 4.98. The van der Waals surface area contributed by atoms with Crippen LogP contribution in [0.5, 0.6) is 0 Å². The normalized spacial score (nSPS) is 32.2. The molecule has 0 amide bonds. The molecule has 1 N–H and O–H groups in total. The predicted octanol–water partition coefficient (Wildman–Crippen LogP) is 1.94. The van der Waals surface area contributed by atoms with Crippen molar-refractivity contribution in [2.45, 2.75) is 58.3 Å². The number of rotatable bonds is 2. The first-order valence-electron chi connectivity index (χ1n) is 4.81. The zero-order chi connectivity index (χ0) is 9.41. The van der Waals surface area contributed by atoms with E-state index in [9.17, 15) is 0 Å². The largest absolute Gasteiger partial charge is 0.368 e. The quantitative estimate of drug-likeness (QED) is 0.685. The Labute approximate surface area is 75.7 Å². The van der Waals surface area contributed by atoms with E-state index in [0.717, 1.165) is 13.0 Å². The van der Waals surface area contributed by atoms with Crippen molar-refractivity contribution in [3.63, 3.8) is 0 Å². The molecule has 1 saturated heterocycles. The van der Waals surface area contributed by atoms with Gasteiger partial charge in [0.1, 0.15) is 0 Å². The fourth-order valence-corrected chi connectivity index (χ4v) is 2.13. The predicted molar refractivity (Wildman–Crippen MR) is 51.3 cm³/mol. The van der Waals surface area contributed by atoms with E-state index in [-0.39, 0.29) is 11.2 Å². The van der Waals surface area contributed by atoms with Crippen molar-refractivity contribution in [1.82, 2.24) is 5.32 Å². The monoisotopic (exact) mass is 171 g/mol. The van der Waals surface area contributed by atoms with E-state index in [1.54, 1.807) is 0 Å². The number of hydrogen-bond acceptors (Lipinski definition) is 2. The van der Waals surface area contributed by atoms with Crippen LogP contribution in [0.4, 0.5) is 0 Å². The Morgan fingerprint density at radius 2 is 1.92 bits per heavy atom. The van der Waals surface area contributed by atoms with Crippen LogP contribution >= 0.6 is 0 Å². The fraction of sp³-hybridized carbons (Fsp3) is 1.00. The van der Waals surface area contributed by atoms with Crippen LogP contribution in [0.2, 0.25) is 0 Å². The van der Waals surface area contributed by atoms with Gasteiger partial charge in [-0.1, -0.05) is 6.92 Å². The first-order valence-corrected chi connectivity index (χ1v) is 4.81. The lowest BCUT2D eigenvalue weighted by atomic mass is 9.94. The Hall–Kier alpha value is -0.0800. The molecule has 0 aliphatic carbocycles. The van der Waals surface area contributed by atoms with Gasteiger partial charge in [0.2, 0.25) is 0 Å². The van der Waals surface area contributed by atoms with Gasteiger partial charge in [-0.2, -0.15) is 0 Å². The van der Waals surface area contributed by atoms with E-state index in [1.165, 1.54) is 0 Å². The van der Waals surface area contributed by atoms with Gasteiger partial charge in [-0.05, 0) is 40.7 Å². The highest BCUT2D eigenvalue weighted by Crippen LogP contribution is 2.36. The lowest BCUT2D eigenvalue weighted by Gasteiger charge is -2.27. The van der Waals surface area contributed by atoms with Crippen molar-refractivity contribution >= 4 is 0 Å². The van der Waals surface area contributed by atoms with Crippen LogP contribution in [-0.4, -0.2) is 23.8 Å². The van der Waals surface area contributed by atoms with E-state index in [0.29, 0.717) is 6.04 Å². The number of ether oxygens (including phenoxy) is 1. The molecule has 12 heavy (non-hydrogen) atoms. The van der Waals surface area contributed by atoms with Gasteiger partial charge >= 0.3 is 0 Å². The molecule has 1 aliphatic rings. The Morgan fingerprint density at radius 1 is 1.33 bits per heavy atom. The Kier molecular flexibility index (Phi) is 2.50. The van der Waals surface area contributed by atoms with Crippen molar-refractivity contribution in [2.24, 2.45) is 0 Å². The van der Waals surface area contributed by atoms with Crippen LogP contribution < -0.4 is 5.32 Å². The van der Waals surface area contributed by atoms with Crippen LogP contribution in [0.25, 0.3) is 0 Å². The van der Waals surface area contributed by atoms with Crippen molar-refractivity contribution in [3.8, 4) is 0 Å². The SMILES string of the molecule is CCNC1CC(C)(C)OC1(C)C. The average molecular weight is 171 g/mol. The molecule has 1 unspecified atom stereocenters. The smallest absolute Gasteiger partial charge is 0.0787 e. The van der Waals surface area contributed by atoms with E-state index < -0.39 is 0 Å². The van der Waals surface area contributed by atoms with Gasteiger partial charge in [-0.25, -0.2) is 0 Å². The van der Waals surface area contributed by atoms with Crippen LogP contribution in [0.3, 0.4) is 0 Å². The van der Waals surface area contributed by atoms with E-state index >= 15 is 0 Å². The topological polar surface area (TPSA) is 21.3 Å². The molecule has 72 valence electrons. The highest BCUT2D eigenvalue weighted by Gasteiger charge is 2.45. The van der Waals surface area contributed by atoms with Gasteiger partial charge in [-0.15, -0.1) is 0 Å². The van der Waals surface area contributed by atoms with Crippen molar-refractivity contribution < 1.29 is 4.74 Å². The molecular weight excluding hydrogens is 150 g/mol. The van der Waals surface area contributed by atoms with Gasteiger partial charge in [0, 0.05) is 6.04 Å². The minimum absolute atomic E-state index is 0.0144. The molecule has 0 aromatic carbocycles. The maximum absolute atomic E-state index is 5.94. The van der Waals surface area contributed by atoms with E-state index in [4.69, 9.17) is 4.74 Å². The van der Waals surface area contributed by atoms with Gasteiger partial charge in [-0.3, -0.25) is 0 Å². The molecule has 0 radical (unpaired) electrons. The second kappa shape index (κ2) is 3.00. The number of likely N-dealkylation sites (N-methyl/N-ethyl adjacent to an activating group) is 1. The summed E-state index contributed by atoms with van der Waals surface area (Å²) in [6.45, 7) is 11.8. The van der Waals surface area contributed by atoms with Crippen LogP contribution in [0.15, 0.2) is 0 Å². The molecule has 1 rings (SSSR count). The molecule has 0 aromatic rings. The summed E-state index contributed by atoms with van der Waals surface area (Å²) >= 11 is 0. The van der Waals surface area contributed by atoms with E-state index in [2.05, 4.69) is 39.9 Å². The second-order valence-electron chi connectivity index (χ2n) is 4.78. The summed E-state index contributed by atoms with van der Waals surface area (Å²) in [5.74, 6) is 0. The molecule has 1 heterocycles. The lowest BCUT2D eigenvalue weighted by molar-refractivity contribution is -0.0697. The standard InChI is InChI=1S/C10H21NO/c1-6-11-8-7-9(2,3)12-10(8,4)5/h8,11H,6-7H2,1-5H3. The Bertz CT molecular complexity index is 163. The number of nitrogens with one attached hydrogen (secondary N) is 1. The summed E-state index contributed by atoms with van der Waals surface area (Å²) in [6.07, 6.45) is 1.10. The van der Waals surface area contributed by atoms with Crippen molar-refractivity contribution in [2.75, 3.05) is 6.54 Å². The third-order valence-electron chi connectivity index (χ3n) is 2.52. The van der Waals surface area contributed by atoms with Gasteiger partial charge < -0.3 is 10.1 Å². The highest BCUT2D eigenvalue weighted by atomic mass is 16.5. The van der Waals surface area contributed by atoms with Crippen molar-refractivity contribution in [1.29, 1.82) is 0 Å². The molecular formula is C10H21NO. The summed E-state index contributed by atoms with van der Waals surface area (Å²) < 4.78 is 5.94. The Balaban J connectivity index is 2.64. The molecule has 1 atom stereocenters. The summed E-state index contributed by atoms with van der Waals surface area (Å²) in [4.78, 5) is 0. The molecule has 0 saturated carbocycles. The second-order valence-corrected chi connectivity index (χ2v) is 4.78. The zero-order valence-electron chi connectivity index (χ0n) is 8.90. The lowest BCUT2D eigenvalue weighted by Crippen LogP contribution is -2.43. The fourth-order valence-electron chi connectivity index (χ4n) is 2.13. The van der Waals surface area contributed by atoms with Crippen LogP contribution in [-0.2, 0) is 4.74 Å². The molecule has 1 fully saturated rings. The zero-order valence-corrected chi connectivity index (χ0v) is 8.90. The van der Waals surface area contributed by atoms with Crippen LogP contribution in [0, 0.1) is 0 Å². The summed E-state index contributed by atoms with van der Waals surface area (Å²) in [6, 6.07) is 0.498. The van der Waals surface area contributed by atoms with Crippen LogP contribution in [0.1, 0.15) is 41.0 Å². The third kappa shape index (κ3) is 1.99. The first-order chi connectivity index (χ1) is 5.37. The number of hydrogen-bond donors (Lipinski definition) is 1. The summed E-state index contributed by atoms with van der Waals surface area (Å²) in [5, 5.41) is 3.47. The minimum Gasteiger partial charge on any atom is -0.368 e. The molecule has 2 nitrogen and oxygen atoms in total. The van der Waals surface area contributed by atoms with Gasteiger partial charge in [0.05, 0.1) is 11.2 Å². The molecule has 1 aliphatic heterocycles.